The van der Waals surface area contributed by atoms with Crippen LogP contribution in [0.1, 0.15) is 41.5 Å². The Balaban J connectivity index is 2.19. The number of hydrogen-bond acceptors (Lipinski definition) is 3. The van der Waals surface area contributed by atoms with E-state index in [9.17, 15) is 22.8 Å². The second kappa shape index (κ2) is 9.25. The molecule has 2 amide bonds. The second-order valence-corrected chi connectivity index (χ2v) is 7.63. The Morgan fingerprint density at radius 2 is 1.69 bits per heavy atom. The molecule has 1 aromatic heterocycles. The summed E-state index contributed by atoms with van der Waals surface area (Å²) >= 11 is 0. The van der Waals surface area contributed by atoms with Crippen molar-refractivity contribution >= 4 is 17.8 Å². The molecular formula is C23H23F3N4O2. The molecule has 0 radical (unpaired) electrons. The summed E-state index contributed by atoms with van der Waals surface area (Å²) in [6, 6.07) is 9.39. The van der Waals surface area contributed by atoms with Crippen molar-refractivity contribution in [2.75, 3.05) is 4.90 Å². The van der Waals surface area contributed by atoms with Gasteiger partial charge in [0.2, 0.25) is 17.8 Å². The number of aryl methyl sites for hydroxylation is 1. The monoisotopic (exact) mass is 444 g/mol. The van der Waals surface area contributed by atoms with Gasteiger partial charge in [-0.1, -0.05) is 32.0 Å². The van der Waals surface area contributed by atoms with E-state index in [0.29, 0.717) is 17.0 Å². The normalized spacial score (nSPS) is 12.2. The minimum Gasteiger partial charge on any atom is -0.366 e. The van der Waals surface area contributed by atoms with Crippen LogP contribution in [0, 0.1) is 18.7 Å². The zero-order chi connectivity index (χ0) is 23.6. The van der Waals surface area contributed by atoms with Crippen LogP contribution >= 0.6 is 0 Å². The molecular weight excluding hydrogens is 421 g/mol. The van der Waals surface area contributed by atoms with Gasteiger partial charge in [0.15, 0.2) is 0 Å². The Hall–Kier alpha value is -3.62. The zero-order valence-electron chi connectivity index (χ0n) is 17.8. The molecule has 3 aromatic rings. The maximum absolute atomic E-state index is 14.4. The third kappa shape index (κ3) is 4.51. The average Bonchev–Trinajstić information content (AvgIpc) is 3.12. The summed E-state index contributed by atoms with van der Waals surface area (Å²) in [6.45, 7) is 4.82. The maximum Gasteiger partial charge on any atom is 0.263 e. The quantitative estimate of drug-likeness (QED) is 0.557. The molecule has 6 nitrogen and oxygen atoms in total. The summed E-state index contributed by atoms with van der Waals surface area (Å²) in [6.07, 6.45) is -3.04. The third-order valence-electron chi connectivity index (χ3n) is 5.01. The molecule has 0 bridgehead atoms. The molecule has 3 N–H and O–H groups in total. The van der Waals surface area contributed by atoms with E-state index in [2.05, 4.69) is 9.97 Å². The number of primary amides is 1. The van der Waals surface area contributed by atoms with Crippen LogP contribution in [0.3, 0.4) is 0 Å². The predicted molar refractivity (Wildman–Crippen MR) is 115 cm³/mol. The van der Waals surface area contributed by atoms with E-state index in [1.807, 2.05) is 0 Å². The molecule has 0 aliphatic carbocycles. The maximum atomic E-state index is 14.4. The van der Waals surface area contributed by atoms with Crippen molar-refractivity contribution in [2.45, 2.75) is 33.2 Å². The van der Waals surface area contributed by atoms with E-state index in [4.69, 9.17) is 5.73 Å². The summed E-state index contributed by atoms with van der Waals surface area (Å²) in [4.78, 5) is 33.2. The van der Waals surface area contributed by atoms with Crippen molar-refractivity contribution in [1.29, 1.82) is 0 Å². The number of carbonyl (C=O) groups excluding carboxylic acids is 2. The molecule has 0 spiro atoms. The van der Waals surface area contributed by atoms with E-state index in [0.717, 1.165) is 4.90 Å². The van der Waals surface area contributed by atoms with Gasteiger partial charge in [-0.05, 0) is 42.8 Å². The Kier molecular flexibility index (Phi) is 6.67. The number of nitrogens with two attached hydrogens (primary N) is 1. The van der Waals surface area contributed by atoms with Gasteiger partial charge in [0.1, 0.15) is 11.9 Å². The first kappa shape index (κ1) is 23.1. The molecule has 2 aromatic carbocycles. The van der Waals surface area contributed by atoms with Gasteiger partial charge in [0.05, 0.1) is 5.69 Å². The molecule has 3 rings (SSSR count). The minimum atomic E-state index is -3.04. The van der Waals surface area contributed by atoms with Gasteiger partial charge in [-0.3, -0.25) is 14.5 Å². The highest BCUT2D eigenvalue weighted by Gasteiger charge is 2.38. The van der Waals surface area contributed by atoms with Crippen LogP contribution in [-0.2, 0) is 4.79 Å². The summed E-state index contributed by atoms with van der Waals surface area (Å²) in [5.41, 5.74) is 6.65. The Morgan fingerprint density at radius 3 is 2.25 bits per heavy atom. The number of aromatic nitrogens is 2. The standard InChI is InChI=1S/C23H23F3N4O2/c1-12(2)22(32)30(19(20(25)26)16-6-4-5-7-17(16)21(27)31)23-28-13(3)18(29-23)14-8-10-15(24)11-9-14/h4-12,19-20H,1-3H3,(H2,27,31)(H,28,29). The van der Waals surface area contributed by atoms with Gasteiger partial charge in [0, 0.05) is 22.7 Å². The molecule has 0 saturated heterocycles. The van der Waals surface area contributed by atoms with Crippen molar-refractivity contribution < 1.29 is 22.8 Å². The lowest BCUT2D eigenvalue weighted by Gasteiger charge is -2.31. The highest BCUT2D eigenvalue weighted by Crippen LogP contribution is 2.35. The van der Waals surface area contributed by atoms with E-state index in [1.54, 1.807) is 20.8 Å². The van der Waals surface area contributed by atoms with Gasteiger partial charge >= 0.3 is 0 Å². The first-order valence-electron chi connectivity index (χ1n) is 9.94. The third-order valence-corrected chi connectivity index (χ3v) is 5.01. The van der Waals surface area contributed by atoms with Crippen LogP contribution < -0.4 is 10.6 Å². The Labute approximate surface area is 183 Å². The molecule has 1 heterocycles. The number of H-pyrrole nitrogens is 1. The van der Waals surface area contributed by atoms with Crippen LogP contribution in [-0.4, -0.2) is 28.2 Å². The topological polar surface area (TPSA) is 92.1 Å². The number of benzene rings is 2. The van der Waals surface area contributed by atoms with Gasteiger partial charge in [-0.15, -0.1) is 0 Å². The predicted octanol–water partition coefficient (Wildman–Crippen LogP) is 4.62. The van der Waals surface area contributed by atoms with E-state index in [1.165, 1.54) is 48.5 Å². The highest BCUT2D eigenvalue weighted by molar-refractivity contribution is 5.97. The van der Waals surface area contributed by atoms with Crippen LogP contribution in [0.2, 0.25) is 0 Å². The zero-order valence-corrected chi connectivity index (χ0v) is 17.8. The van der Waals surface area contributed by atoms with Crippen molar-refractivity contribution in [3.63, 3.8) is 0 Å². The van der Waals surface area contributed by atoms with Gasteiger partial charge in [-0.2, -0.15) is 0 Å². The molecule has 0 fully saturated rings. The van der Waals surface area contributed by atoms with E-state index in [-0.39, 0.29) is 17.1 Å². The summed E-state index contributed by atoms with van der Waals surface area (Å²) in [7, 11) is 0. The summed E-state index contributed by atoms with van der Waals surface area (Å²) in [5.74, 6) is -2.68. The number of rotatable bonds is 7. The van der Waals surface area contributed by atoms with Gasteiger partial charge in [0.25, 0.3) is 6.43 Å². The molecule has 0 aliphatic heterocycles. The highest BCUT2D eigenvalue weighted by atomic mass is 19.3. The lowest BCUT2D eigenvalue weighted by atomic mass is 9.97. The van der Waals surface area contributed by atoms with E-state index < -0.39 is 36.0 Å². The number of nitrogens with zero attached hydrogens (tertiary/aromatic N) is 2. The van der Waals surface area contributed by atoms with Crippen LogP contribution in [0.15, 0.2) is 48.5 Å². The number of imidazole rings is 1. The lowest BCUT2D eigenvalue weighted by molar-refractivity contribution is -0.122. The Morgan fingerprint density at radius 1 is 1.06 bits per heavy atom. The molecule has 168 valence electrons. The van der Waals surface area contributed by atoms with E-state index >= 15 is 0 Å². The average molecular weight is 444 g/mol. The molecule has 1 atom stereocenters. The number of halogens is 3. The fraction of sp³-hybridized carbons (Fsp3) is 0.261. The van der Waals surface area contributed by atoms with Crippen molar-refractivity contribution in [1.82, 2.24) is 9.97 Å². The van der Waals surface area contributed by atoms with Gasteiger partial charge in [-0.25, -0.2) is 18.2 Å². The van der Waals surface area contributed by atoms with Crippen LogP contribution in [0.5, 0.6) is 0 Å². The molecule has 32 heavy (non-hydrogen) atoms. The smallest absolute Gasteiger partial charge is 0.263 e. The molecule has 0 saturated carbocycles. The number of alkyl halides is 2. The van der Waals surface area contributed by atoms with Gasteiger partial charge < -0.3 is 10.7 Å². The van der Waals surface area contributed by atoms with Crippen molar-refractivity contribution in [3.8, 4) is 11.3 Å². The van der Waals surface area contributed by atoms with Crippen LogP contribution in [0.25, 0.3) is 11.3 Å². The van der Waals surface area contributed by atoms with Crippen LogP contribution in [0.4, 0.5) is 19.1 Å². The summed E-state index contributed by atoms with van der Waals surface area (Å²) < 4.78 is 42.2. The fourth-order valence-electron chi connectivity index (χ4n) is 3.47. The first-order chi connectivity index (χ1) is 15.1. The number of anilines is 1. The SMILES string of the molecule is Cc1[nH]c(N(C(=O)C(C)C)C(c2ccccc2C(N)=O)C(F)F)nc1-c1ccc(F)cc1. The molecule has 0 aliphatic rings. The number of aromatic amines is 1. The molecule has 1 unspecified atom stereocenters. The fourth-order valence-corrected chi connectivity index (χ4v) is 3.47. The summed E-state index contributed by atoms with van der Waals surface area (Å²) in [5, 5.41) is 0. The first-order valence-corrected chi connectivity index (χ1v) is 9.94. The van der Waals surface area contributed by atoms with Crippen molar-refractivity contribution in [2.24, 2.45) is 11.7 Å². The number of amides is 2. The van der Waals surface area contributed by atoms with Crippen molar-refractivity contribution in [3.05, 3.63) is 71.2 Å². The number of hydrogen-bond donors (Lipinski definition) is 2. The minimum absolute atomic E-state index is 0.0821. The number of carbonyl (C=O) groups is 2. The number of nitrogens with one attached hydrogen (secondary N) is 1. The second-order valence-electron chi connectivity index (χ2n) is 7.63. The largest absolute Gasteiger partial charge is 0.366 e. The Bertz CT molecular complexity index is 1130. The lowest BCUT2D eigenvalue weighted by Crippen LogP contribution is -2.42. The molecule has 9 heteroatoms.